The Morgan fingerprint density at radius 2 is 1.89 bits per heavy atom. The third kappa shape index (κ3) is 3.83. The number of hydrogen-bond acceptors (Lipinski definition) is 5. The number of sulfonamides is 1. The minimum atomic E-state index is -3.85. The van der Waals surface area contributed by atoms with Crippen molar-refractivity contribution in [3.05, 3.63) is 34.4 Å². The highest BCUT2D eigenvalue weighted by Crippen LogP contribution is 2.16. The fraction of sp³-hybridized carbons (Fsp3) is 0.364. The van der Waals surface area contributed by atoms with Crippen molar-refractivity contribution in [2.24, 2.45) is 0 Å². The summed E-state index contributed by atoms with van der Waals surface area (Å²) in [7, 11) is -3.85. The number of nitrogens with one attached hydrogen (secondary N) is 1. The smallest absolute Gasteiger partial charge is 0.269 e. The number of ketones is 1. The highest BCUT2D eigenvalue weighted by molar-refractivity contribution is 7.89. The fourth-order valence-corrected chi connectivity index (χ4v) is 2.65. The molecule has 1 unspecified atom stereocenters. The molecular formula is C11H14N2O5S. The molecule has 0 spiro atoms. The molecule has 0 aliphatic carbocycles. The number of Topliss-reactive ketones (excluding diaryl/α,β-unsaturated/α-hetero) is 1. The molecule has 7 nitrogen and oxygen atoms in total. The zero-order valence-electron chi connectivity index (χ0n) is 10.5. The minimum Gasteiger partial charge on any atom is -0.298 e. The summed E-state index contributed by atoms with van der Waals surface area (Å²) in [6.45, 7) is 3.09. The Morgan fingerprint density at radius 1 is 1.37 bits per heavy atom. The molecule has 0 amide bonds. The van der Waals surface area contributed by atoms with Gasteiger partial charge in [-0.2, -0.15) is 0 Å². The van der Waals surface area contributed by atoms with Gasteiger partial charge in [-0.15, -0.1) is 0 Å². The first-order valence-corrected chi connectivity index (χ1v) is 7.05. The van der Waals surface area contributed by atoms with E-state index in [1.807, 2.05) is 0 Å². The largest absolute Gasteiger partial charge is 0.298 e. The molecule has 0 heterocycles. The van der Waals surface area contributed by atoms with Crippen LogP contribution in [0.3, 0.4) is 0 Å². The van der Waals surface area contributed by atoms with Crippen molar-refractivity contribution in [1.29, 1.82) is 0 Å². The van der Waals surface area contributed by atoms with Gasteiger partial charge in [0.1, 0.15) is 5.78 Å². The Labute approximate surface area is 110 Å². The maximum Gasteiger partial charge on any atom is 0.269 e. The third-order valence-electron chi connectivity index (χ3n) is 2.52. The van der Waals surface area contributed by atoms with Gasteiger partial charge in [0.15, 0.2) is 0 Å². The standard InChI is InChI=1S/C11H14N2O5S/c1-3-11(14)8(2)12-19(17,18)10-6-4-9(5-7-10)13(15)16/h4-8,12H,3H2,1-2H3. The molecule has 1 rings (SSSR count). The highest BCUT2D eigenvalue weighted by atomic mass is 32.2. The number of nitro benzene ring substituents is 1. The quantitative estimate of drug-likeness (QED) is 0.625. The van der Waals surface area contributed by atoms with E-state index < -0.39 is 21.0 Å². The van der Waals surface area contributed by atoms with Gasteiger partial charge < -0.3 is 0 Å². The lowest BCUT2D eigenvalue weighted by molar-refractivity contribution is -0.384. The number of carbonyl (C=O) groups excluding carboxylic acids is 1. The lowest BCUT2D eigenvalue weighted by Crippen LogP contribution is -2.38. The van der Waals surface area contributed by atoms with Crippen LogP contribution in [0.15, 0.2) is 29.2 Å². The van der Waals surface area contributed by atoms with Crippen molar-refractivity contribution in [2.45, 2.75) is 31.2 Å². The summed E-state index contributed by atoms with van der Waals surface area (Å²) >= 11 is 0. The normalized spacial score (nSPS) is 12.9. The molecule has 0 saturated carbocycles. The number of nitrogens with zero attached hydrogens (tertiary/aromatic N) is 1. The maximum absolute atomic E-state index is 11.9. The summed E-state index contributed by atoms with van der Waals surface area (Å²) in [6.07, 6.45) is 0.226. The first-order valence-electron chi connectivity index (χ1n) is 5.57. The molecule has 8 heteroatoms. The number of non-ortho nitro benzene ring substituents is 1. The van der Waals surface area contributed by atoms with Gasteiger partial charge in [0.2, 0.25) is 10.0 Å². The van der Waals surface area contributed by atoms with Crippen LogP contribution in [0.25, 0.3) is 0 Å². The molecule has 0 saturated heterocycles. The Kier molecular flexibility index (Phi) is 4.73. The molecule has 0 aromatic heterocycles. The Bertz CT molecular complexity index is 580. The SMILES string of the molecule is CCC(=O)C(C)NS(=O)(=O)c1ccc([N+](=O)[O-])cc1. The van der Waals surface area contributed by atoms with E-state index in [1.165, 1.54) is 6.92 Å². The van der Waals surface area contributed by atoms with Crippen molar-refractivity contribution >= 4 is 21.5 Å². The van der Waals surface area contributed by atoms with E-state index in [1.54, 1.807) is 6.92 Å². The number of hydrogen-bond donors (Lipinski definition) is 1. The first-order chi connectivity index (χ1) is 8.77. The van der Waals surface area contributed by atoms with E-state index in [-0.39, 0.29) is 22.8 Å². The molecule has 104 valence electrons. The van der Waals surface area contributed by atoms with Crippen molar-refractivity contribution in [3.63, 3.8) is 0 Å². The van der Waals surface area contributed by atoms with E-state index in [0.29, 0.717) is 0 Å². The van der Waals surface area contributed by atoms with E-state index >= 15 is 0 Å². The van der Waals surface area contributed by atoms with E-state index in [9.17, 15) is 23.3 Å². The molecule has 0 aliphatic rings. The van der Waals surface area contributed by atoms with Crippen LogP contribution >= 0.6 is 0 Å². The first kappa shape index (κ1) is 15.3. The van der Waals surface area contributed by atoms with Crippen LogP contribution in [0, 0.1) is 10.1 Å². The molecule has 0 radical (unpaired) electrons. The van der Waals surface area contributed by atoms with Crippen molar-refractivity contribution in [3.8, 4) is 0 Å². The lowest BCUT2D eigenvalue weighted by Gasteiger charge is -2.12. The van der Waals surface area contributed by atoms with Crippen LogP contribution in [0.1, 0.15) is 20.3 Å². The van der Waals surface area contributed by atoms with Crippen LogP contribution in [0.4, 0.5) is 5.69 Å². The Balaban J connectivity index is 2.94. The second-order valence-corrected chi connectivity index (χ2v) is 5.63. The monoisotopic (exact) mass is 286 g/mol. The predicted octanol–water partition coefficient (Wildman–Crippen LogP) is 1.24. The zero-order chi connectivity index (χ0) is 14.6. The van der Waals surface area contributed by atoms with Crippen LogP contribution < -0.4 is 4.72 Å². The third-order valence-corrected chi connectivity index (χ3v) is 4.08. The van der Waals surface area contributed by atoms with E-state index in [4.69, 9.17) is 0 Å². The molecular weight excluding hydrogens is 272 g/mol. The molecule has 1 N–H and O–H groups in total. The van der Waals surface area contributed by atoms with Crippen LogP contribution in [0.5, 0.6) is 0 Å². The Hall–Kier alpha value is -1.80. The number of rotatable bonds is 6. The summed E-state index contributed by atoms with van der Waals surface area (Å²) in [6, 6.07) is 3.62. The van der Waals surface area contributed by atoms with Crippen LogP contribution in [-0.2, 0) is 14.8 Å². The van der Waals surface area contributed by atoms with Gasteiger partial charge in [-0.25, -0.2) is 13.1 Å². The molecule has 0 bridgehead atoms. The minimum absolute atomic E-state index is 0.117. The maximum atomic E-state index is 11.9. The van der Waals surface area contributed by atoms with E-state index in [0.717, 1.165) is 24.3 Å². The van der Waals surface area contributed by atoms with E-state index in [2.05, 4.69) is 4.72 Å². The summed E-state index contributed by atoms with van der Waals surface area (Å²) in [5.74, 6) is -0.231. The van der Waals surface area contributed by atoms with Crippen LogP contribution in [0.2, 0.25) is 0 Å². The second kappa shape index (κ2) is 5.89. The lowest BCUT2D eigenvalue weighted by atomic mass is 10.2. The van der Waals surface area contributed by atoms with Gasteiger partial charge in [-0.3, -0.25) is 14.9 Å². The molecule has 1 atom stereocenters. The molecule has 0 fully saturated rings. The van der Waals surface area contributed by atoms with Crippen LogP contribution in [-0.4, -0.2) is 25.2 Å². The van der Waals surface area contributed by atoms with Gasteiger partial charge in [-0.1, -0.05) is 6.92 Å². The number of nitro groups is 1. The highest BCUT2D eigenvalue weighted by Gasteiger charge is 2.21. The average Bonchev–Trinajstić information content (AvgIpc) is 2.37. The van der Waals surface area contributed by atoms with Crippen molar-refractivity contribution in [2.75, 3.05) is 0 Å². The topological polar surface area (TPSA) is 106 Å². The molecule has 0 aliphatic heterocycles. The molecule has 1 aromatic carbocycles. The average molecular weight is 286 g/mol. The number of benzene rings is 1. The van der Waals surface area contributed by atoms with Crippen molar-refractivity contribution < 1.29 is 18.1 Å². The van der Waals surface area contributed by atoms with Gasteiger partial charge in [-0.05, 0) is 19.1 Å². The van der Waals surface area contributed by atoms with Gasteiger partial charge in [0.25, 0.3) is 5.69 Å². The summed E-state index contributed by atoms with van der Waals surface area (Å²) in [5, 5.41) is 10.5. The van der Waals surface area contributed by atoms with Gasteiger partial charge >= 0.3 is 0 Å². The fourth-order valence-electron chi connectivity index (χ4n) is 1.42. The molecule has 1 aromatic rings. The molecule has 19 heavy (non-hydrogen) atoms. The van der Waals surface area contributed by atoms with Gasteiger partial charge in [0.05, 0.1) is 15.9 Å². The number of carbonyl (C=O) groups is 1. The summed E-state index contributed by atoms with van der Waals surface area (Å²) in [5.41, 5.74) is -0.198. The Morgan fingerprint density at radius 3 is 2.32 bits per heavy atom. The summed E-state index contributed by atoms with van der Waals surface area (Å²) < 4.78 is 26.0. The zero-order valence-corrected chi connectivity index (χ0v) is 11.3. The van der Waals surface area contributed by atoms with Crippen molar-refractivity contribution in [1.82, 2.24) is 4.72 Å². The van der Waals surface area contributed by atoms with Gasteiger partial charge in [0, 0.05) is 18.6 Å². The predicted molar refractivity (Wildman–Crippen MR) is 68.2 cm³/mol. The second-order valence-electron chi connectivity index (χ2n) is 3.91. The summed E-state index contributed by atoms with van der Waals surface area (Å²) in [4.78, 5) is 21.1.